The number of aromatic nitrogens is 6. The van der Waals surface area contributed by atoms with Crippen LogP contribution in [0.25, 0.3) is 5.69 Å². The lowest BCUT2D eigenvalue weighted by Gasteiger charge is -2.16. The van der Waals surface area contributed by atoms with Gasteiger partial charge in [0.05, 0.1) is 40.5 Å². The van der Waals surface area contributed by atoms with Crippen LogP contribution in [0.2, 0.25) is 10.0 Å². The van der Waals surface area contributed by atoms with Gasteiger partial charge in [-0.1, -0.05) is 55.7 Å². The minimum absolute atomic E-state index is 0.0257. The molecule has 47 heavy (non-hydrogen) atoms. The average molecular weight is 771 g/mol. The van der Waals surface area contributed by atoms with E-state index in [1.54, 1.807) is 6.26 Å². The highest BCUT2D eigenvalue weighted by Crippen LogP contribution is 2.32. The zero-order chi connectivity index (χ0) is 36.7. The van der Waals surface area contributed by atoms with Gasteiger partial charge < -0.3 is 20.7 Å². The summed E-state index contributed by atoms with van der Waals surface area (Å²) in [6.45, 7) is 3.41. The van der Waals surface area contributed by atoms with Gasteiger partial charge in [0.1, 0.15) is 11.5 Å². The van der Waals surface area contributed by atoms with Crippen LogP contribution in [0.4, 0.5) is 14.5 Å². The van der Waals surface area contributed by atoms with Gasteiger partial charge in [-0.2, -0.15) is 18.1 Å². The van der Waals surface area contributed by atoms with Gasteiger partial charge >= 0.3 is 25.8 Å². The molecule has 2 heterocycles. The molecular formula is C22H32Cl2F2N9O9PS2. The Morgan fingerprint density at radius 1 is 1.17 bits per heavy atom. The summed E-state index contributed by atoms with van der Waals surface area (Å²) < 4.78 is 62.4. The Morgan fingerprint density at radius 2 is 1.74 bits per heavy atom. The predicted molar refractivity (Wildman–Crippen MR) is 172 cm³/mol. The fourth-order valence-electron chi connectivity index (χ4n) is 3.14. The fourth-order valence-corrected chi connectivity index (χ4v) is 5.08. The maximum absolute atomic E-state index is 12.8. The Labute approximate surface area is 280 Å². The number of benzene rings is 1. The number of halogens is 4. The standard InChI is InChI=1S/C11H10Cl2F2N4O3S.C8H14N4OS.C3H8NO5P/c1-5-16-19(11(20)18(5)10(14)15)9-4-8(17-23(2,21)22)6(12)3-7(9)13;1-8(2,3)5-6(13)12(9)7(14-4)11-10-5;5-3(6)1-4-2-10(7,8)9/h3-4,10,17H,1-2H3;9H2,1-4H3;4H,1-2H2,(H,5,6)(H2,7,8,9). The molecule has 0 radical (unpaired) electrons. The summed E-state index contributed by atoms with van der Waals surface area (Å²) >= 11 is 13.1. The molecule has 264 valence electrons. The third kappa shape index (κ3) is 13.1. The number of rotatable bonds is 9. The summed E-state index contributed by atoms with van der Waals surface area (Å²) in [6, 6.07) is 2.31. The summed E-state index contributed by atoms with van der Waals surface area (Å²) in [7, 11) is -7.74. The summed E-state index contributed by atoms with van der Waals surface area (Å²) in [5, 5.41) is 21.9. The summed E-state index contributed by atoms with van der Waals surface area (Å²) in [5.41, 5.74) is -1.50. The first-order valence-corrected chi connectivity index (χ1v) is 18.2. The van der Waals surface area contributed by atoms with Gasteiger partial charge in [0.25, 0.3) is 5.56 Å². The van der Waals surface area contributed by atoms with Gasteiger partial charge in [-0.05, 0) is 25.3 Å². The zero-order valence-electron chi connectivity index (χ0n) is 25.5. The van der Waals surface area contributed by atoms with Crippen LogP contribution in [0, 0.1) is 6.92 Å². The van der Waals surface area contributed by atoms with Gasteiger partial charge in [0.15, 0.2) is 0 Å². The number of nitrogens with one attached hydrogen (secondary N) is 2. The van der Waals surface area contributed by atoms with E-state index in [0.717, 1.165) is 17.0 Å². The fraction of sp³-hybridized carbons (Fsp3) is 0.455. The molecule has 0 saturated heterocycles. The lowest BCUT2D eigenvalue weighted by molar-refractivity contribution is -0.135. The number of hydrogen-bond acceptors (Lipinski definition) is 12. The molecule has 1 aromatic carbocycles. The van der Waals surface area contributed by atoms with Crippen molar-refractivity contribution in [3.05, 3.63) is 54.5 Å². The number of carboxylic acids is 1. The van der Waals surface area contributed by atoms with E-state index in [2.05, 4.69) is 25.3 Å². The molecule has 3 aromatic rings. The van der Waals surface area contributed by atoms with E-state index in [0.29, 0.717) is 15.5 Å². The highest BCUT2D eigenvalue weighted by Gasteiger charge is 2.23. The third-order valence-electron chi connectivity index (χ3n) is 5.09. The van der Waals surface area contributed by atoms with Crippen LogP contribution < -0.4 is 27.1 Å². The Hall–Kier alpha value is -3.11. The van der Waals surface area contributed by atoms with Crippen LogP contribution in [0.15, 0.2) is 26.9 Å². The molecule has 0 aliphatic carbocycles. The Bertz CT molecular complexity index is 1860. The number of alkyl halides is 2. The van der Waals surface area contributed by atoms with Crippen LogP contribution >= 0.6 is 42.6 Å². The Kier molecular flexibility index (Phi) is 15.0. The molecule has 0 unspecified atom stereocenters. The zero-order valence-corrected chi connectivity index (χ0v) is 29.5. The van der Waals surface area contributed by atoms with Gasteiger partial charge in [-0.25, -0.2) is 17.8 Å². The van der Waals surface area contributed by atoms with E-state index in [1.807, 2.05) is 20.8 Å². The number of aryl methyl sites for hydroxylation is 1. The second-order valence-corrected chi connectivity index (χ2v) is 15.1. The van der Waals surface area contributed by atoms with Crippen molar-refractivity contribution >= 4 is 64.2 Å². The number of anilines is 1. The minimum Gasteiger partial charge on any atom is -0.480 e. The second-order valence-electron chi connectivity index (χ2n) is 10.2. The maximum atomic E-state index is 12.8. The number of thioether (sulfide) groups is 1. The molecule has 0 spiro atoms. The number of hydrogen-bond donors (Lipinski definition) is 6. The smallest absolute Gasteiger partial charge is 0.355 e. The van der Waals surface area contributed by atoms with E-state index in [-0.39, 0.29) is 42.8 Å². The number of sulfonamides is 1. The molecule has 0 amide bonds. The van der Waals surface area contributed by atoms with E-state index >= 15 is 0 Å². The lowest BCUT2D eigenvalue weighted by atomic mass is 9.93. The van der Waals surface area contributed by atoms with E-state index < -0.39 is 48.7 Å². The molecule has 0 saturated carbocycles. The molecule has 0 aliphatic rings. The van der Waals surface area contributed by atoms with Gasteiger partial charge in [0, 0.05) is 5.41 Å². The van der Waals surface area contributed by atoms with E-state index in [9.17, 15) is 36.1 Å². The molecule has 7 N–H and O–H groups in total. The van der Waals surface area contributed by atoms with Crippen LogP contribution in [0.5, 0.6) is 0 Å². The highest BCUT2D eigenvalue weighted by atomic mass is 35.5. The molecule has 0 aliphatic heterocycles. The van der Waals surface area contributed by atoms with E-state index in [1.165, 1.54) is 24.8 Å². The average Bonchev–Trinajstić information content (AvgIpc) is 3.19. The number of aliphatic carboxylic acids is 1. The van der Waals surface area contributed by atoms with Gasteiger partial charge in [-0.15, -0.1) is 15.3 Å². The first-order valence-electron chi connectivity index (χ1n) is 12.5. The van der Waals surface area contributed by atoms with Crippen molar-refractivity contribution in [3.8, 4) is 5.69 Å². The van der Waals surface area contributed by atoms with Crippen LogP contribution in [0.1, 0.15) is 38.8 Å². The lowest BCUT2D eigenvalue weighted by Crippen LogP contribution is -2.37. The molecule has 0 atom stereocenters. The minimum atomic E-state index is -4.10. The summed E-state index contributed by atoms with van der Waals surface area (Å²) in [6.07, 6.45) is 2.10. The molecule has 25 heteroatoms. The first-order chi connectivity index (χ1) is 21.3. The van der Waals surface area contributed by atoms with Gasteiger partial charge in [0.2, 0.25) is 15.2 Å². The van der Waals surface area contributed by atoms with Crippen LogP contribution in [-0.2, 0) is 24.8 Å². The van der Waals surface area contributed by atoms with Gasteiger partial charge in [-0.3, -0.25) is 24.2 Å². The Morgan fingerprint density at radius 3 is 2.17 bits per heavy atom. The molecule has 0 bridgehead atoms. The van der Waals surface area contributed by atoms with Crippen LogP contribution in [0.3, 0.4) is 0 Å². The molecular weight excluding hydrogens is 738 g/mol. The number of nitrogens with two attached hydrogens (primary N) is 1. The third-order valence-corrected chi connectivity index (χ3v) is 7.57. The number of nitrogens with zero attached hydrogens (tertiary/aromatic N) is 6. The first kappa shape index (κ1) is 41.9. The van der Waals surface area contributed by atoms with Crippen molar-refractivity contribution in [2.24, 2.45) is 0 Å². The second kappa shape index (κ2) is 16.8. The summed E-state index contributed by atoms with van der Waals surface area (Å²) in [5.74, 6) is 4.20. The monoisotopic (exact) mass is 769 g/mol. The SMILES string of the molecule is CSc1nnc(C(C)(C)C)c(=O)n1N.Cc1nn(-c2cc(NS(C)(=O)=O)c(Cl)cc2Cl)c(=O)n1C(F)F.O=C(O)CNCP(=O)(O)O. The number of nitrogen functional groups attached to an aromatic ring is 1. The van der Waals surface area contributed by atoms with Crippen molar-refractivity contribution < 1.29 is 41.5 Å². The quantitative estimate of drug-likeness (QED) is 0.102. The Balaban J connectivity index is 0.000000392. The molecule has 0 fully saturated rings. The van der Waals surface area contributed by atoms with Crippen LogP contribution in [-0.4, -0.2) is 83.8 Å². The predicted octanol–water partition coefficient (Wildman–Crippen LogP) is 1.58. The highest BCUT2D eigenvalue weighted by molar-refractivity contribution is 7.98. The molecule has 3 rings (SSSR count). The summed E-state index contributed by atoms with van der Waals surface area (Å²) in [4.78, 5) is 49.9. The molecule has 2 aromatic heterocycles. The van der Waals surface area contributed by atoms with Crippen molar-refractivity contribution in [1.82, 2.24) is 34.5 Å². The topological polar surface area (TPSA) is 267 Å². The van der Waals surface area contributed by atoms with Crippen molar-refractivity contribution in [2.75, 3.05) is 35.9 Å². The largest absolute Gasteiger partial charge is 0.480 e. The number of carbonyl (C=O) groups is 1. The van der Waals surface area contributed by atoms with Crippen molar-refractivity contribution in [1.29, 1.82) is 0 Å². The number of carboxylic acid groups (broad SMARTS) is 1. The molecule has 18 nitrogen and oxygen atoms in total. The van der Waals surface area contributed by atoms with Crippen molar-refractivity contribution in [2.45, 2.75) is 44.8 Å². The normalized spacial score (nSPS) is 11.8. The van der Waals surface area contributed by atoms with Crippen molar-refractivity contribution in [3.63, 3.8) is 0 Å². The maximum Gasteiger partial charge on any atom is 0.355 e. The van der Waals surface area contributed by atoms with E-state index in [4.69, 9.17) is 43.9 Å².